The topological polar surface area (TPSA) is 35.6 Å². The molecule has 3 rings (SSSR count). The minimum atomic E-state index is -0.819. The molecule has 0 aliphatic carbocycles. The minimum Gasteiger partial charge on any atom is -0.349 e. The number of halogens is 2. The standard InChI is InChI=1S/C25H33F2N3O/c1-4-30(18(2)3)17-19-5-8-21(9-6-19)25(31)28-22-11-13-29(14-12-22)16-20-7-10-23(26)24(27)15-20/h5-10,15,18,22H,4,11-14,16-17H2,1-3H3,(H,28,31). The van der Waals surface area contributed by atoms with E-state index in [2.05, 4.69) is 35.9 Å². The Bertz CT molecular complexity index is 862. The molecule has 0 saturated carbocycles. The molecule has 6 heteroatoms. The van der Waals surface area contributed by atoms with Gasteiger partial charge in [0.15, 0.2) is 11.6 Å². The average Bonchev–Trinajstić information content (AvgIpc) is 2.76. The lowest BCUT2D eigenvalue weighted by molar-refractivity contribution is 0.0909. The van der Waals surface area contributed by atoms with Crippen LogP contribution < -0.4 is 5.32 Å². The Balaban J connectivity index is 1.46. The summed E-state index contributed by atoms with van der Waals surface area (Å²) in [6.45, 7) is 10.6. The Morgan fingerprint density at radius 3 is 2.29 bits per heavy atom. The predicted molar refractivity (Wildman–Crippen MR) is 120 cm³/mol. The quantitative estimate of drug-likeness (QED) is 0.667. The van der Waals surface area contributed by atoms with Gasteiger partial charge < -0.3 is 5.32 Å². The fourth-order valence-electron chi connectivity index (χ4n) is 4.06. The predicted octanol–water partition coefficient (Wildman–Crippen LogP) is 4.59. The van der Waals surface area contributed by atoms with Gasteiger partial charge in [-0.25, -0.2) is 8.78 Å². The van der Waals surface area contributed by atoms with E-state index in [0.717, 1.165) is 44.6 Å². The second-order valence-electron chi connectivity index (χ2n) is 8.63. The molecule has 0 bridgehead atoms. The normalized spacial score (nSPS) is 15.6. The Kier molecular flexibility index (Phi) is 8.15. The van der Waals surface area contributed by atoms with Crippen molar-refractivity contribution in [3.05, 3.63) is 70.8 Å². The van der Waals surface area contributed by atoms with Crippen molar-refractivity contribution in [1.82, 2.24) is 15.1 Å². The van der Waals surface area contributed by atoms with Crippen molar-refractivity contribution in [3.63, 3.8) is 0 Å². The second-order valence-corrected chi connectivity index (χ2v) is 8.63. The van der Waals surface area contributed by atoms with Gasteiger partial charge in [0.05, 0.1) is 0 Å². The van der Waals surface area contributed by atoms with E-state index in [-0.39, 0.29) is 11.9 Å². The third-order valence-corrected chi connectivity index (χ3v) is 6.05. The lowest BCUT2D eigenvalue weighted by Crippen LogP contribution is -2.44. The van der Waals surface area contributed by atoms with E-state index in [1.165, 1.54) is 17.7 Å². The number of nitrogens with one attached hydrogen (secondary N) is 1. The van der Waals surface area contributed by atoms with Crippen LogP contribution in [0.1, 0.15) is 55.1 Å². The molecule has 0 spiro atoms. The molecule has 4 nitrogen and oxygen atoms in total. The molecule has 1 fully saturated rings. The zero-order valence-corrected chi connectivity index (χ0v) is 18.7. The SMILES string of the molecule is CCN(Cc1ccc(C(=O)NC2CCN(Cc3ccc(F)c(F)c3)CC2)cc1)C(C)C. The molecule has 2 aromatic carbocycles. The smallest absolute Gasteiger partial charge is 0.251 e. The number of amides is 1. The highest BCUT2D eigenvalue weighted by atomic mass is 19.2. The van der Waals surface area contributed by atoms with E-state index in [0.29, 0.717) is 18.2 Å². The lowest BCUT2D eigenvalue weighted by atomic mass is 10.0. The molecule has 1 aliphatic rings. The average molecular weight is 430 g/mol. The van der Waals surface area contributed by atoms with E-state index in [1.54, 1.807) is 6.07 Å². The van der Waals surface area contributed by atoms with Crippen LogP contribution in [0.3, 0.4) is 0 Å². The summed E-state index contributed by atoms with van der Waals surface area (Å²) in [5.74, 6) is -1.67. The first-order chi connectivity index (χ1) is 14.9. The van der Waals surface area contributed by atoms with Gasteiger partial charge in [-0.2, -0.15) is 0 Å². The Labute approximate surface area is 184 Å². The van der Waals surface area contributed by atoms with Crippen molar-refractivity contribution >= 4 is 5.91 Å². The maximum absolute atomic E-state index is 13.4. The van der Waals surface area contributed by atoms with Crippen molar-refractivity contribution in [3.8, 4) is 0 Å². The molecule has 1 N–H and O–H groups in total. The summed E-state index contributed by atoms with van der Waals surface area (Å²) in [5.41, 5.74) is 2.65. The zero-order chi connectivity index (χ0) is 22.4. The van der Waals surface area contributed by atoms with Gasteiger partial charge in [0, 0.05) is 43.8 Å². The number of likely N-dealkylation sites (tertiary alicyclic amines) is 1. The van der Waals surface area contributed by atoms with Gasteiger partial charge >= 0.3 is 0 Å². The summed E-state index contributed by atoms with van der Waals surface area (Å²) >= 11 is 0. The fraction of sp³-hybridized carbons (Fsp3) is 0.480. The summed E-state index contributed by atoms with van der Waals surface area (Å²) in [7, 11) is 0. The first kappa shape index (κ1) is 23.4. The maximum Gasteiger partial charge on any atom is 0.251 e. The number of nitrogens with zero attached hydrogens (tertiary/aromatic N) is 2. The molecule has 168 valence electrons. The number of carbonyl (C=O) groups is 1. The summed E-state index contributed by atoms with van der Waals surface area (Å²) in [6, 6.07) is 12.5. The van der Waals surface area contributed by atoms with Crippen LogP contribution in [0.25, 0.3) is 0 Å². The monoisotopic (exact) mass is 429 g/mol. The first-order valence-electron chi connectivity index (χ1n) is 11.2. The van der Waals surface area contributed by atoms with Crippen LogP contribution in [0.15, 0.2) is 42.5 Å². The summed E-state index contributed by atoms with van der Waals surface area (Å²) in [5, 5.41) is 3.14. The highest BCUT2D eigenvalue weighted by Crippen LogP contribution is 2.17. The van der Waals surface area contributed by atoms with Gasteiger partial charge in [0.25, 0.3) is 5.91 Å². The van der Waals surface area contributed by atoms with E-state index in [9.17, 15) is 13.6 Å². The number of benzene rings is 2. The molecule has 1 amide bonds. The maximum atomic E-state index is 13.4. The lowest BCUT2D eigenvalue weighted by Gasteiger charge is -2.32. The van der Waals surface area contributed by atoms with E-state index >= 15 is 0 Å². The van der Waals surface area contributed by atoms with Crippen LogP contribution in [0, 0.1) is 11.6 Å². The van der Waals surface area contributed by atoms with E-state index in [4.69, 9.17) is 0 Å². The number of hydrogen-bond acceptors (Lipinski definition) is 3. The van der Waals surface area contributed by atoms with Gasteiger partial charge in [-0.05, 0) is 68.6 Å². The van der Waals surface area contributed by atoms with Crippen LogP contribution in [0.2, 0.25) is 0 Å². The number of carbonyl (C=O) groups excluding carboxylic acids is 1. The van der Waals surface area contributed by atoms with E-state index < -0.39 is 11.6 Å². The summed E-state index contributed by atoms with van der Waals surface area (Å²) < 4.78 is 26.5. The van der Waals surface area contributed by atoms with Crippen LogP contribution >= 0.6 is 0 Å². The minimum absolute atomic E-state index is 0.0400. The van der Waals surface area contributed by atoms with Crippen LogP contribution in [-0.4, -0.2) is 47.4 Å². The van der Waals surface area contributed by atoms with E-state index in [1.807, 2.05) is 24.3 Å². The van der Waals surface area contributed by atoms with Gasteiger partial charge in [-0.3, -0.25) is 14.6 Å². The number of hydrogen-bond donors (Lipinski definition) is 1. The van der Waals surface area contributed by atoms with Crippen molar-refractivity contribution in [2.75, 3.05) is 19.6 Å². The van der Waals surface area contributed by atoms with Crippen molar-refractivity contribution < 1.29 is 13.6 Å². The molecular weight excluding hydrogens is 396 g/mol. The molecule has 1 saturated heterocycles. The Morgan fingerprint density at radius 1 is 1.06 bits per heavy atom. The Morgan fingerprint density at radius 2 is 1.71 bits per heavy atom. The number of rotatable bonds is 8. The van der Waals surface area contributed by atoms with Crippen molar-refractivity contribution in [2.24, 2.45) is 0 Å². The van der Waals surface area contributed by atoms with Crippen LogP contribution in [0.4, 0.5) is 8.78 Å². The molecule has 0 aromatic heterocycles. The third kappa shape index (κ3) is 6.58. The van der Waals surface area contributed by atoms with Gasteiger partial charge in [0.1, 0.15) is 0 Å². The van der Waals surface area contributed by atoms with Gasteiger partial charge in [-0.1, -0.05) is 25.1 Å². The van der Waals surface area contributed by atoms with Crippen molar-refractivity contribution in [1.29, 1.82) is 0 Å². The highest BCUT2D eigenvalue weighted by Gasteiger charge is 2.21. The molecule has 1 heterocycles. The molecule has 0 unspecified atom stereocenters. The van der Waals surface area contributed by atoms with Crippen molar-refractivity contribution in [2.45, 2.75) is 58.8 Å². The molecule has 2 aromatic rings. The molecule has 0 radical (unpaired) electrons. The second kappa shape index (κ2) is 10.8. The molecule has 1 aliphatic heterocycles. The summed E-state index contributed by atoms with van der Waals surface area (Å²) in [4.78, 5) is 17.2. The van der Waals surface area contributed by atoms with Gasteiger partial charge in [-0.15, -0.1) is 0 Å². The molecule has 0 atom stereocenters. The largest absolute Gasteiger partial charge is 0.349 e. The Hall–Kier alpha value is -2.31. The van der Waals surface area contributed by atoms with Crippen LogP contribution in [-0.2, 0) is 13.1 Å². The number of piperidine rings is 1. The first-order valence-corrected chi connectivity index (χ1v) is 11.2. The summed E-state index contributed by atoms with van der Waals surface area (Å²) in [6.07, 6.45) is 1.68. The van der Waals surface area contributed by atoms with Crippen LogP contribution in [0.5, 0.6) is 0 Å². The highest BCUT2D eigenvalue weighted by molar-refractivity contribution is 5.94. The molecular formula is C25H33F2N3O. The third-order valence-electron chi connectivity index (χ3n) is 6.05. The van der Waals surface area contributed by atoms with Gasteiger partial charge in [0.2, 0.25) is 0 Å². The zero-order valence-electron chi connectivity index (χ0n) is 18.7. The molecule has 31 heavy (non-hydrogen) atoms. The fourth-order valence-corrected chi connectivity index (χ4v) is 4.06.